The van der Waals surface area contributed by atoms with Gasteiger partial charge in [-0.2, -0.15) is 23.5 Å². The van der Waals surface area contributed by atoms with E-state index in [-0.39, 0.29) is 42.1 Å². The molecule has 2 aliphatic carbocycles. The highest BCUT2D eigenvalue weighted by molar-refractivity contribution is 6.02. The molecule has 4 N–H and O–H groups in total. The molecule has 1 aromatic rings. The fraction of sp³-hybridized carbons (Fsp3) is 0.700. The molecule has 2 amide bonds. The van der Waals surface area contributed by atoms with Gasteiger partial charge in [0.1, 0.15) is 5.56 Å². The number of carbonyl (C=O) groups excluding carboxylic acids is 2. The molecule has 0 aliphatic heterocycles. The summed E-state index contributed by atoms with van der Waals surface area (Å²) in [6.45, 7) is 0.363. The van der Waals surface area contributed by atoms with E-state index < -0.39 is 24.0 Å². The number of hydrogen-bond acceptors (Lipinski definition) is 5. The van der Waals surface area contributed by atoms with Crippen molar-refractivity contribution in [3.05, 3.63) is 11.8 Å². The van der Waals surface area contributed by atoms with Crippen LogP contribution in [0.15, 0.2) is 6.20 Å². The summed E-state index contributed by atoms with van der Waals surface area (Å²) in [5.74, 6) is -0.681. The van der Waals surface area contributed by atoms with Crippen LogP contribution < -0.4 is 16.4 Å². The Morgan fingerprint density at radius 1 is 1.29 bits per heavy atom. The number of alkyl halides is 3. The molecular weight excluding hydrogens is 413 g/mol. The summed E-state index contributed by atoms with van der Waals surface area (Å²) in [6, 6.07) is 2.18. The predicted molar refractivity (Wildman–Crippen MR) is 106 cm³/mol. The van der Waals surface area contributed by atoms with Gasteiger partial charge < -0.3 is 16.4 Å². The molecule has 1 heterocycles. The number of rotatable bonds is 9. The van der Waals surface area contributed by atoms with Gasteiger partial charge in [0, 0.05) is 18.7 Å². The SMILES string of the molecule is N#CCC1(n2cc(C(N)=O)c(NC(=O)C3CC3)n2)CCC(CNCCC(F)(F)F)CC1. The van der Waals surface area contributed by atoms with Crippen LogP contribution in [-0.4, -0.2) is 40.9 Å². The number of amides is 2. The molecule has 0 unspecified atom stereocenters. The fourth-order valence-corrected chi connectivity index (χ4v) is 4.04. The number of nitrogens with zero attached hydrogens (tertiary/aromatic N) is 3. The van der Waals surface area contributed by atoms with E-state index in [2.05, 4.69) is 21.8 Å². The first kappa shape index (κ1) is 23.1. The van der Waals surface area contributed by atoms with E-state index in [0.29, 0.717) is 32.2 Å². The summed E-state index contributed by atoms with van der Waals surface area (Å²) in [6.07, 6.45) is 0.797. The van der Waals surface area contributed by atoms with Crippen molar-refractivity contribution in [3.8, 4) is 6.07 Å². The monoisotopic (exact) mass is 440 g/mol. The highest BCUT2D eigenvalue weighted by atomic mass is 19.4. The zero-order chi connectivity index (χ0) is 22.6. The molecule has 170 valence electrons. The number of nitrogens with two attached hydrogens (primary N) is 1. The van der Waals surface area contributed by atoms with Crippen LogP contribution in [0.3, 0.4) is 0 Å². The first-order chi connectivity index (χ1) is 14.6. The van der Waals surface area contributed by atoms with Gasteiger partial charge in [-0.1, -0.05) is 0 Å². The summed E-state index contributed by atoms with van der Waals surface area (Å²) in [7, 11) is 0. The van der Waals surface area contributed by atoms with Crippen LogP contribution in [0.5, 0.6) is 0 Å². The Morgan fingerprint density at radius 3 is 2.52 bits per heavy atom. The Morgan fingerprint density at radius 2 is 1.97 bits per heavy atom. The van der Waals surface area contributed by atoms with Crippen LogP contribution in [-0.2, 0) is 10.3 Å². The maximum absolute atomic E-state index is 12.3. The topological polar surface area (TPSA) is 126 Å². The van der Waals surface area contributed by atoms with E-state index in [9.17, 15) is 28.0 Å². The van der Waals surface area contributed by atoms with Crippen molar-refractivity contribution < 1.29 is 22.8 Å². The van der Waals surface area contributed by atoms with Gasteiger partial charge in [-0.15, -0.1) is 0 Å². The Labute approximate surface area is 178 Å². The lowest BCUT2D eigenvalue weighted by Gasteiger charge is -2.39. The summed E-state index contributed by atoms with van der Waals surface area (Å²) < 4.78 is 38.4. The molecule has 0 saturated heterocycles. The van der Waals surface area contributed by atoms with E-state index in [1.807, 2.05) is 0 Å². The summed E-state index contributed by atoms with van der Waals surface area (Å²) in [4.78, 5) is 24.0. The van der Waals surface area contributed by atoms with Crippen molar-refractivity contribution in [1.29, 1.82) is 5.26 Å². The van der Waals surface area contributed by atoms with Gasteiger partial charge in [0.2, 0.25) is 5.91 Å². The number of carbonyl (C=O) groups is 2. The molecule has 0 aromatic carbocycles. The van der Waals surface area contributed by atoms with Gasteiger partial charge in [0.05, 0.1) is 24.4 Å². The first-order valence-electron chi connectivity index (χ1n) is 10.5. The highest BCUT2D eigenvalue weighted by Crippen LogP contribution is 2.40. The third kappa shape index (κ3) is 5.97. The quantitative estimate of drug-likeness (QED) is 0.509. The third-order valence-corrected chi connectivity index (χ3v) is 6.12. The van der Waals surface area contributed by atoms with Crippen LogP contribution in [0.4, 0.5) is 19.0 Å². The largest absolute Gasteiger partial charge is 0.390 e. The summed E-state index contributed by atoms with van der Waals surface area (Å²) in [5.41, 5.74) is 4.92. The van der Waals surface area contributed by atoms with Crippen LogP contribution in [0.2, 0.25) is 0 Å². The van der Waals surface area contributed by atoms with E-state index in [1.165, 1.54) is 6.20 Å². The van der Waals surface area contributed by atoms with Crippen LogP contribution >= 0.6 is 0 Å². The zero-order valence-electron chi connectivity index (χ0n) is 17.2. The van der Waals surface area contributed by atoms with E-state index in [0.717, 1.165) is 12.8 Å². The minimum absolute atomic E-state index is 0.0702. The smallest absolute Gasteiger partial charge is 0.365 e. The first-order valence-corrected chi connectivity index (χ1v) is 10.5. The molecule has 8 nitrogen and oxygen atoms in total. The second kappa shape index (κ2) is 9.26. The Balaban J connectivity index is 1.67. The average Bonchev–Trinajstić information content (AvgIpc) is 3.46. The molecule has 1 aromatic heterocycles. The molecule has 2 aliphatic rings. The second-order valence-corrected chi connectivity index (χ2v) is 8.54. The summed E-state index contributed by atoms with van der Waals surface area (Å²) in [5, 5.41) is 19.3. The normalized spacial score (nSPS) is 23.9. The minimum atomic E-state index is -4.17. The van der Waals surface area contributed by atoms with Crippen molar-refractivity contribution in [2.24, 2.45) is 17.6 Å². The van der Waals surface area contributed by atoms with E-state index in [1.54, 1.807) is 4.68 Å². The van der Waals surface area contributed by atoms with Crippen molar-refractivity contribution in [2.75, 3.05) is 18.4 Å². The molecule has 31 heavy (non-hydrogen) atoms. The van der Waals surface area contributed by atoms with Gasteiger partial charge in [-0.3, -0.25) is 14.3 Å². The Bertz CT molecular complexity index is 848. The average molecular weight is 440 g/mol. The molecule has 0 radical (unpaired) electrons. The van der Waals surface area contributed by atoms with Gasteiger partial charge in [-0.25, -0.2) is 0 Å². The number of primary amides is 1. The molecule has 2 saturated carbocycles. The fourth-order valence-electron chi connectivity index (χ4n) is 4.04. The number of anilines is 1. The lowest BCUT2D eigenvalue weighted by atomic mass is 9.75. The lowest BCUT2D eigenvalue weighted by molar-refractivity contribution is -0.133. The molecule has 3 rings (SSSR count). The number of halogens is 3. The summed E-state index contributed by atoms with van der Waals surface area (Å²) >= 11 is 0. The highest BCUT2D eigenvalue weighted by Gasteiger charge is 2.39. The van der Waals surface area contributed by atoms with Crippen molar-refractivity contribution in [1.82, 2.24) is 15.1 Å². The predicted octanol–water partition coefficient (Wildman–Crippen LogP) is 2.67. The molecular formula is C20H27F3N6O2. The van der Waals surface area contributed by atoms with Crippen molar-refractivity contribution in [2.45, 2.75) is 63.1 Å². The van der Waals surface area contributed by atoms with Crippen LogP contribution in [0, 0.1) is 23.2 Å². The van der Waals surface area contributed by atoms with Gasteiger partial charge in [0.15, 0.2) is 5.82 Å². The van der Waals surface area contributed by atoms with Crippen molar-refractivity contribution in [3.63, 3.8) is 0 Å². The lowest BCUT2D eigenvalue weighted by Crippen LogP contribution is -2.40. The molecule has 0 atom stereocenters. The Hall–Kier alpha value is -2.61. The van der Waals surface area contributed by atoms with Crippen LogP contribution in [0.25, 0.3) is 0 Å². The maximum atomic E-state index is 12.3. The van der Waals surface area contributed by atoms with Gasteiger partial charge in [-0.05, 0) is 51.0 Å². The van der Waals surface area contributed by atoms with E-state index >= 15 is 0 Å². The number of hydrogen-bond donors (Lipinski definition) is 3. The van der Waals surface area contributed by atoms with Crippen molar-refractivity contribution >= 4 is 17.6 Å². The molecule has 0 bridgehead atoms. The minimum Gasteiger partial charge on any atom is -0.365 e. The van der Waals surface area contributed by atoms with Crippen LogP contribution in [0.1, 0.15) is 61.7 Å². The molecule has 11 heteroatoms. The number of nitriles is 1. The second-order valence-electron chi connectivity index (χ2n) is 8.54. The number of nitrogens with one attached hydrogen (secondary N) is 2. The van der Waals surface area contributed by atoms with E-state index in [4.69, 9.17) is 5.73 Å². The Kier molecular flexibility index (Phi) is 6.89. The maximum Gasteiger partial charge on any atom is 0.390 e. The zero-order valence-corrected chi connectivity index (χ0v) is 17.2. The molecule has 0 spiro atoms. The number of aromatic nitrogens is 2. The van der Waals surface area contributed by atoms with Gasteiger partial charge in [0.25, 0.3) is 5.91 Å². The van der Waals surface area contributed by atoms with Gasteiger partial charge >= 0.3 is 6.18 Å². The standard InChI is InChI=1S/C20H27F3N6O2/c21-20(22,23)8-10-26-11-13-3-5-19(6-4-13,7-9-24)29-12-15(16(25)30)17(28-29)27-18(31)14-1-2-14/h12-14,26H,1-8,10-11H2,(H2,25,30)(H,27,28,31). The molecule has 2 fully saturated rings. The third-order valence-electron chi connectivity index (χ3n) is 6.12.